The summed E-state index contributed by atoms with van der Waals surface area (Å²) < 4.78 is 6.02. The molecule has 0 aliphatic carbocycles. The van der Waals surface area contributed by atoms with E-state index in [1.165, 1.54) is 0 Å². The van der Waals surface area contributed by atoms with Gasteiger partial charge in [0.2, 0.25) is 5.78 Å². The molecule has 3 rings (SSSR count). The van der Waals surface area contributed by atoms with Crippen LogP contribution in [0.5, 0.6) is 0 Å². The van der Waals surface area contributed by atoms with Crippen LogP contribution in [0.4, 0.5) is 0 Å². The van der Waals surface area contributed by atoms with E-state index in [9.17, 15) is 4.79 Å². The van der Waals surface area contributed by atoms with Gasteiger partial charge in [-0.25, -0.2) is 0 Å². The van der Waals surface area contributed by atoms with Crippen LogP contribution in [0.3, 0.4) is 0 Å². The monoisotopic (exact) mass is 279 g/mol. The van der Waals surface area contributed by atoms with E-state index in [1.54, 1.807) is 6.08 Å². The highest BCUT2D eigenvalue weighted by molar-refractivity contribution is 6.05. The van der Waals surface area contributed by atoms with Crippen molar-refractivity contribution in [3.8, 4) is 0 Å². The van der Waals surface area contributed by atoms with E-state index in [4.69, 9.17) is 4.74 Å². The van der Waals surface area contributed by atoms with E-state index in [-0.39, 0.29) is 18.2 Å². The number of hydrogen-bond donors (Lipinski definition) is 0. The Kier molecular flexibility index (Phi) is 3.97. The maximum absolute atomic E-state index is 12.2. The summed E-state index contributed by atoms with van der Waals surface area (Å²) in [5.41, 5.74) is 0.402. The Balaban J connectivity index is 0.00000133. The van der Waals surface area contributed by atoms with Gasteiger partial charge in [-0.05, 0) is 7.05 Å². The fraction of sp³-hybridized carbons (Fsp3) is 0.400. The smallest absolute Gasteiger partial charge is 0.203 e. The summed E-state index contributed by atoms with van der Waals surface area (Å²) >= 11 is 0. The third-order valence-corrected chi connectivity index (χ3v) is 3.87. The normalized spacial score (nSPS) is 21.7. The Labute approximate surface area is 119 Å². The zero-order valence-corrected chi connectivity index (χ0v) is 11.8. The predicted octanol–water partition coefficient (Wildman–Crippen LogP) is 2.51. The number of benzene rings is 1. The molecule has 1 aromatic carbocycles. The molecule has 2 aliphatic rings. The van der Waals surface area contributed by atoms with Crippen LogP contribution in [0, 0.1) is 0 Å². The number of ketones is 1. The van der Waals surface area contributed by atoms with Gasteiger partial charge in [0.25, 0.3) is 0 Å². The highest BCUT2D eigenvalue weighted by Crippen LogP contribution is 2.38. The molecule has 0 atom stereocenters. The zero-order valence-electron chi connectivity index (χ0n) is 11.0. The number of likely N-dealkylation sites (tertiary alicyclic amines) is 1. The summed E-state index contributed by atoms with van der Waals surface area (Å²) in [6.45, 7) is 1.84. The molecule has 3 nitrogen and oxygen atoms in total. The molecule has 0 radical (unpaired) electrons. The van der Waals surface area contributed by atoms with Crippen molar-refractivity contribution >= 4 is 23.9 Å². The van der Waals surface area contributed by atoms with Crippen LogP contribution >= 0.6 is 12.4 Å². The third kappa shape index (κ3) is 2.53. The fourth-order valence-corrected chi connectivity index (χ4v) is 2.61. The van der Waals surface area contributed by atoms with E-state index in [0.29, 0.717) is 0 Å². The Morgan fingerprint density at radius 3 is 2.42 bits per heavy atom. The summed E-state index contributed by atoms with van der Waals surface area (Å²) in [7, 11) is 2.08. The first-order valence-electron chi connectivity index (χ1n) is 6.39. The second-order valence-corrected chi connectivity index (χ2v) is 5.14. The molecule has 19 heavy (non-hydrogen) atoms. The van der Waals surface area contributed by atoms with Gasteiger partial charge in [0.05, 0.1) is 0 Å². The minimum absolute atomic E-state index is 0. The first kappa shape index (κ1) is 14.1. The predicted molar refractivity (Wildman–Crippen MR) is 77.2 cm³/mol. The Hall–Kier alpha value is -1.32. The quantitative estimate of drug-likeness (QED) is 0.791. The molecule has 1 aromatic rings. The van der Waals surface area contributed by atoms with Crippen molar-refractivity contribution in [3.05, 3.63) is 42.0 Å². The van der Waals surface area contributed by atoms with Gasteiger partial charge in [0.1, 0.15) is 5.76 Å². The lowest BCUT2D eigenvalue weighted by molar-refractivity contribution is -0.132. The maximum atomic E-state index is 12.2. The lowest BCUT2D eigenvalue weighted by Crippen LogP contribution is -2.47. The van der Waals surface area contributed by atoms with Crippen LogP contribution in [0.15, 0.2) is 36.4 Å². The molecule has 0 amide bonds. The Morgan fingerprint density at radius 1 is 1.16 bits per heavy atom. The van der Waals surface area contributed by atoms with Gasteiger partial charge >= 0.3 is 0 Å². The second-order valence-electron chi connectivity index (χ2n) is 5.14. The van der Waals surface area contributed by atoms with Crippen LogP contribution in [-0.2, 0) is 9.53 Å². The summed E-state index contributed by atoms with van der Waals surface area (Å²) in [5, 5.41) is 0. The molecular formula is C15H18ClNO2. The number of hydrogen-bond acceptors (Lipinski definition) is 3. The van der Waals surface area contributed by atoms with Gasteiger partial charge in [0.15, 0.2) is 5.60 Å². The van der Waals surface area contributed by atoms with Crippen molar-refractivity contribution in [3.63, 3.8) is 0 Å². The lowest BCUT2D eigenvalue weighted by atomic mass is 9.88. The van der Waals surface area contributed by atoms with E-state index >= 15 is 0 Å². The molecule has 0 unspecified atom stereocenters. The highest BCUT2D eigenvalue weighted by atomic mass is 35.5. The van der Waals surface area contributed by atoms with Gasteiger partial charge in [-0.2, -0.15) is 0 Å². The van der Waals surface area contributed by atoms with Gasteiger partial charge < -0.3 is 9.64 Å². The van der Waals surface area contributed by atoms with Gasteiger partial charge in [0, 0.05) is 37.6 Å². The topological polar surface area (TPSA) is 29.5 Å². The first-order chi connectivity index (χ1) is 8.70. The summed E-state index contributed by atoms with van der Waals surface area (Å²) in [4.78, 5) is 14.5. The van der Waals surface area contributed by atoms with Crippen molar-refractivity contribution in [1.29, 1.82) is 0 Å². The largest absolute Gasteiger partial charge is 0.478 e. The van der Waals surface area contributed by atoms with Crippen molar-refractivity contribution < 1.29 is 9.53 Å². The Bertz CT molecular complexity index is 490. The minimum Gasteiger partial charge on any atom is -0.478 e. The number of carbonyl (C=O) groups excluding carboxylic acids is 1. The second kappa shape index (κ2) is 5.35. The number of halogens is 1. The molecule has 0 saturated carbocycles. The number of rotatable bonds is 1. The molecule has 2 aliphatic heterocycles. The SMILES string of the molecule is CN1CCC2(CC1)OC(c1ccccc1)=CC2=O.Cl. The molecule has 1 spiro atoms. The first-order valence-corrected chi connectivity index (χ1v) is 6.39. The summed E-state index contributed by atoms with van der Waals surface area (Å²) in [6, 6.07) is 9.85. The van der Waals surface area contributed by atoms with Gasteiger partial charge in [-0.3, -0.25) is 4.79 Å². The molecule has 0 bridgehead atoms. The van der Waals surface area contributed by atoms with Crippen LogP contribution in [-0.4, -0.2) is 36.4 Å². The molecule has 0 N–H and O–H groups in total. The molecular weight excluding hydrogens is 262 g/mol. The molecule has 4 heteroatoms. The van der Waals surface area contributed by atoms with Crippen molar-refractivity contribution in [2.75, 3.05) is 20.1 Å². The maximum Gasteiger partial charge on any atom is 0.203 e. The summed E-state index contributed by atoms with van der Waals surface area (Å²) in [5.74, 6) is 0.861. The highest BCUT2D eigenvalue weighted by Gasteiger charge is 2.46. The standard InChI is InChI=1S/C15H17NO2.ClH/c1-16-9-7-15(8-10-16)14(17)11-13(18-15)12-5-3-2-4-6-12;/h2-6,11H,7-10H2,1H3;1H. The summed E-state index contributed by atoms with van der Waals surface area (Å²) in [6.07, 6.45) is 3.24. The van der Waals surface area contributed by atoms with Crippen LogP contribution in [0.2, 0.25) is 0 Å². The van der Waals surface area contributed by atoms with Crippen LogP contribution < -0.4 is 0 Å². The average molecular weight is 280 g/mol. The van der Waals surface area contributed by atoms with Crippen molar-refractivity contribution in [2.24, 2.45) is 0 Å². The van der Waals surface area contributed by atoms with E-state index < -0.39 is 5.60 Å². The van der Waals surface area contributed by atoms with E-state index in [0.717, 1.165) is 37.3 Å². The number of piperidine rings is 1. The van der Waals surface area contributed by atoms with Crippen LogP contribution in [0.1, 0.15) is 18.4 Å². The van der Waals surface area contributed by atoms with Gasteiger partial charge in [-0.1, -0.05) is 30.3 Å². The zero-order chi connectivity index (χ0) is 12.6. The average Bonchev–Trinajstić information content (AvgIpc) is 2.72. The number of nitrogens with zero attached hydrogens (tertiary/aromatic N) is 1. The van der Waals surface area contributed by atoms with Crippen LogP contribution in [0.25, 0.3) is 5.76 Å². The van der Waals surface area contributed by atoms with E-state index in [2.05, 4.69) is 11.9 Å². The molecule has 1 fully saturated rings. The number of ether oxygens (including phenoxy) is 1. The van der Waals surface area contributed by atoms with Gasteiger partial charge in [-0.15, -0.1) is 12.4 Å². The molecule has 1 saturated heterocycles. The minimum atomic E-state index is -0.586. The molecule has 102 valence electrons. The lowest BCUT2D eigenvalue weighted by Gasteiger charge is -2.36. The third-order valence-electron chi connectivity index (χ3n) is 3.87. The number of carbonyl (C=O) groups is 1. The van der Waals surface area contributed by atoms with E-state index in [1.807, 2.05) is 30.3 Å². The van der Waals surface area contributed by atoms with Crippen molar-refractivity contribution in [2.45, 2.75) is 18.4 Å². The molecule has 2 heterocycles. The fourth-order valence-electron chi connectivity index (χ4n) is 2.61. The Morgan fingerprint density at radius 2 is 1.79 bits per heavy atom. The van der Waals surface area contributed by atoms with Crippen molar-refractivity contribution in [1.82, 2.24) is 4.90 Å². The molecule has 0 aromatic heterocycles.